The van der Waals surface area contributed by atoms with Crippen molar-refractivity contribution in [2.45, 2.75) is 19.8 Å². The Labute approximate surface area is 157 Å². The van der Waals surface area contributed by atoms with Gasteiger partial charge in [-0.05, 0) is 41.8 Å². The Hall–Kier alpha value is -3.72. The third-order valence-electron chi connectivity index (χ3n) is 4.00. The van der Waals surface area contributed by atoms with E-state index in [4.69, 9.17) is 5.26 Å². The van der Waals surface area contributed by atoms with E-state index in [-0.39, 0.29) is 5.91 Å². The molecule has 0 aliphatic heterocycles. The summed E-state index contributed by atoms with van der Waals surface area (Å²) in [7, 11) is 0. The SMILES string of the molecule is CC(C)c1ccc(Nc2ncc(C(=O)Nc3cccc(C#N)c3)cn2)cc1. The van der Waals surface area contributed by atoms with Crippen LogP contribution in [0.25, 0.3) is 0 Å². The van der Waals surface area contributed by atoms with Gasteiger partial charge in [0.25, 0.3) is 5.91 Å². The molecule has 0 unspecified atom stereocenters. The van der Waals surface area contributed by atoms with Gasteiger partial charge in [0.15, 0.2) is 0 Å². The molecule has 3 aromatic rings. The number of benzene rings is 2. The molecule has 0 aliphatic carbocycles. The van der Waals surface area contributed by atoms with Crippen molar-refractivity contribution in [3.05, 3.63) is 77.6 Å². The van der Waals surface area contributed by atoms with Crippen LogP contribution in [0.5, 0.6) is 0 Å². The average Bonchev–Trinajstić information content (AvgIpc) is 2.69. The molecule has 134 valence electrons. The first-order valence-corrected chi connectivity index (χ1v) is 8.55. The van der Waals surface area contributed by atoms with E-state index >= 15 is 0 Å². The van der Waals surface area contributed by atoms with Crippen molar-refractivity contribution in [3.63, 3.8) is 0 Å². The van der Waals surface area contributed by atoms with E-state index in [9.17, 15) is 4.79 Å². The molecule has 0 spiro atoms. The average molecular weight is 357 g/mol. The highest BCUT2D eigenvalue weighted by Gasteiger charge is 2.08. The lowest BCUT2D eigenvalue weighted by Crippen LogP contribution is -2.13. The maximum absolute atomic E-state index is 12.3. The molecule has 0 fully saturated rings. The Balaban J connectivity index is 1.65. The molecule has 6 heteroatoms. The molecule has 0 aliphatic rings. The summed E-state index contributed by atoms with van der Waals surface area (Å²) in [6, 6.07) is 16.8. The molecular weight excluding hydrogens is 338 g/mol. The molecule has 1 heterocycles. The van der Waals surface area contributed by atoms with E-state index < -0.39 is 0 Å². The van der Waals surface area contributed by atoms with Crippen molar-refractivity contribution in [2.75, 3.05) is 10.6 Å². The zero-order valence-corrected chi connectivity index (χ0v) is 15.1. The van der Waals surface area contributed by atoms with Gasteiger partial charge >= 0.3 is 0 Å². The van der Waals surface area contributed by atoms with Crippen LogP contribution in [0.4, 0.5) is 17.3 Å². The zero-order valence-electron chi connectivity index (χ0n) is 15.1. The molecule has 0 saturated carbocycles. The lowest BCUT2D eigenvalue weighted by atomic mass is 10.0. The number of carbonyl (C=O) groups is 1. The summed E-state index contributed by atoms with van der Waals surface area (Å²) in [5.41, 5.74) is 3.50. The largest absolute Gasteiger partial charge is 0.324 e. The Morgan fingerprint density at radius 3 is 2.37 bits per heavy atom. The fourth-order valence-electron chi connectivity index (χ4n) is 2.46. The predicted octanol–water partition coefficient (Wildman–Crippen LogP) is 4.47. The van der Waals surface area contributed by atoms with Crippen LogP contribution in [0, 0.1) is 11.3 Å². The van der Waals surface area contributed by atoms with Crippen LogP contribution in [0.1, 0.15) is 41.3 Å². The Morgan fingerprint density at radius 1 is 1.04 bits per heavy atom. The Bertz CT molecular complexity index is 973. The van der Waals surface area contributed by atoms with Crippen molar-refractivity contribution in [2.24, 2.45) is 0 Å². The van der Waals surface area contributed by atoms with Gasteiger partial charge in [0, 0.05) is 23.8 Å². The molecule has 2 aromatic carbocycles. The fraction of sp³-hybridized carbons (Fsp3) is 0.143. The summed E-state index contributed by atoms with van der Waals surface area (Å²) in [5, 5.41) is 14.8. The molecule has 3 rings (SSSR count). The van der Waals surface area contributed by atoms with Crippen LogP contribution in [-0.2, 0) is 0 Å². The first-order valence-electron chi connectivity index (χ1n) is 8.55. The summed E-state index contributed by atoms with van der Waals surface area (Å²) in [4.78, 5) is 20.7. The van der Waals surface area contributed by atoms with E-state index in [0.29, 0.717) is 28.7 Å². The normalized spacial score (nSPS) is 10.3. The van der Waals surface area contributed by atoms with Crippen LogP contribution in [-0.4, -0.2) is 15.9 Å². The highest BCUT2D eigenvalue weighted by molar-refractivity contribution is 6.04. The smallest absolute Gasteiger partial charge is 0.258 e. The number of aromatic nitrogens is 2. The number of nitriles is 1. The van der Waals surface area contributed by atoms with Gasteiger partial charge in [-0.1, -0.05) is 32.0 Å². The molecule has 1 aromatic heterocycles. The van der Waals surface area contributed by atoms with Crippen LogP contribution in [0.3, 0.4) is 0 Å². The number of hydrogen-bond donors (Lipinski definition) is 2. The van der Waals surface area contributed by atoms with Crippen LogP contribution >= 0.6 is 0 Å². The van der Waals surface area contributed by atoms with Gasteiger partial charge in [-0.15, -0.1) is 0 Å². The first kappa shape index (κ1) is 18.1. The maximum atomic E-state index is 12.3. The molecule has 1 amide bonds. The highest BCUT2D eigenvalue weighted by atomic mass is 16.1. The van der Waals surface area contributed by atoms with E-state index in [2.05, 4.69) is 46.6 Å². The number of anilines is 3. The lowest BCUT2D eigenvalue weighted by molar-refractivity contribution is 0.102. The highest BCUT2D eigenvalue weighted by Crippen LogP contribution is 2.19. The van der Waals surface area contributed by atoms with E-state index in [0.717, 1.165) is 5.69 Å². The molecular formula is C21H19N5O. The van der Waals surface area contributed by atoms with Crippen molar-refractivity contribution in [3.8, 4) is 6.07 Å². The van der Waals surface area contributed by atoms with Gasteiger partial charge in [0.05, 0.1) is 17.2 Å². The second-order valence-corrected chi connectivity index (χ2v) is 6.34. The molecule has 27 heavy (non-hydrogen) atoms. The van der Waals surface area contributed by atoms with Crippen molar-refractivity contribution < 1.29 is 4.79 Å². The van der Waals surface area contributed by atoms with E-state index in [1.807, 2.05) is 18.2 Å². The predicted molar refractivity (Wildman–Crippen MR) is 105 cm³/mol. The summed E-state index contributed by atoms with van der Waals surface area (Å²) in [5.74, 6) is 0.551. The molecule has 0 bridgehead atoms. The number of rotatable bonds is 5. The van der Waals surface area contributed by atoms with Gasteiger partial charge in [-0.2, -0.15) is 5.26 Å². The molecule has 0 radical (unpaired) electrons. The number of carbonyl (C=O) groups excluding carboxylic acids is 1. The van der Waals surface area contributed by atoms with E-state index in [1.54, 1.807) is 24.3 Å². The quantitative estimate of drug-likeness (QED) is 0.703. The van der Waals surface area contributed by atoms with Gasteiger partial charge in [-0.25, -0.2) is 9.97 Å². The third kappa shape index (κ3) is 4.67. The number of hydrogen-bond acceptors (Lipinski definition) is 5. The Kier molecular flexibility index (Phi) is 5.43. The standard InChI is InChI=1S/C21H19N5O/c1-14(2)16-6-8-18(9-7-16)26-21-23-12-17(13-24-21)20(27)25-19-5-3-4-15(10-19)11-22/h3-10,12-14H,1-2H3,(H,25,27)(H,23,24,26). The molecule has 0 saturated heterocycles. The summed E-state index contributed by atoms with van der Waals surface area (Å²) in [6.45, 7) is 4.29. The van der Waals surface area contributed by atoms with Crippen molar-refractivity contribution in [1.82, 2.24) is 9.97 Å². The fourth-order valence-corrected chi connectivity index (χ4v) is 2.46. The van der Waals surface area contributed by atoms with Crippen molar-refractivity contribution >= 4 is 23.2 Å². The monoisotopic (exact) mass is 357 g/mol. The molecule has 2 N–H and O–H groups in total. The van der Waals surface area contributed by atoms with Crippen LogP contribution in [0.2, 0.25) is 0 Å². The second-order valence-electron chi connectivity index (χ2n) is 6.34. The zero-order chi connectivity index (χ0) is 19.2. The minimum absolute atomic E-state index is 0.332. The number of nitrogens with zero attached hydrogens (tertiary/aromatic N) is 3. The molecule has 0 atom stereocenters. The number of amides is 1. The van der Waals surface area contributed by atoms with Gasteiger partial charge in [0.1, 0.15) is 0 Å². The molecule has 6 nitrogen and oxygen atoms in total. The minimum Gasteiger partial charge on any atom is -0.324 e. The first-order chi connectivity index (χ1) is 13.0. The van der Waals surface area contributed by atoms with Gasteiger partial charge in [0.2, 0.25) is 5.95 Å². The summed E-state index contributed by atoms with van der Waals surface area (Å²) in [6.07, 6.45) is 2.92. The maximum Gasteiger partial charge on any atom is 0.258 e. The second kappa shape index (κ2) is 8.11. The summed E-state index contributed by atoms with van der Waals surface area (Å²) < 4.78 is 0. The van der Waals surface area contributed by atoms with Crippen LogP contribution < -0.4 is 10.6 Å². The summed E-state index contributed by atoms with van der Waals surface area (Å²) >= 11 is 0. The van der Waals surface area contributed by atoms with E-state index in [1.165, 1.54) is 18.0 Å². The minimum atomic E-state index is -0.335. The Morgan fingerprint density at radius 2 is 1.74 bits per heavy atom. The van der Waals surface area contributed by atoms with Crippen molar-refractivity contribution in [1.29, 1.82) is 5.26 Å². The lowest BCUT2D eigenvalue weighted by Gasteiger charge is -2.09. The number of nitrogens with one attached hydrogen (secondary N) is 2. The topological polar surface area (TPSA) is 90.7 Å². The van der Waals surface area contributed by atoms with Gasteiger partial charge in [-0.3, -0.25) is 4.79 Å². The van der Waals surface area contributed by atoms with Crippen LogP contribution in [0.15, 0.2) is 60.9 Å². The van der Waals surface area contributed by atoms with Gasteiger partial charge < -0.3 is 10.6 Å². The third-order valence-corrected chi connectivity index (χ3v) is 4.00.